The molecule has 7 nitrogen and oxygen atoms in total. The van der Waals surface area contributed by atoms with Crippen molar-refractivity contribution in [1.29, 1.82) is 15.8 Å². The number of nitriles is 3. The Balaban J connectivity index is 1.26. The van der Waals surface area contributed by atoms with Gasteiger partial charge in [0.2, 0.25) is 5.60 Å². The largest absolute Gasteiger partial charge is 0.497 e. The fourth-order valence-electron chi connectivity index (χ4n) is 6.25. The molecule has 2 atom stereocenters. The Morgan fingerprint density at radius 2 is 1.24 bits per heavy atom. The predicted molar refractivity (Wildman–Crippen MR) is 203 cm³/mol. The Labute approximate surface area is 314 Å². The van der Waals surface area contributed by atoms with Gasteiger partial charge in [0, 0.05) is 32.4 Å². The normalized spacial score (nSPS) is 16.9. The van der Waals surface area contributed by atoms with Gasteiger partial charge in [0.15, 0.2) is 5.92 Å². The van der Waals surface area contributed by atoms with E-state index in [2.05, 4.69) is 4.90 Å². The third-order valence-corrected chi connectivity index (χ3v) is 9.92. The first kappa shape index (κ1) is 37.0. The summed E-state index contributed by atoms with van der Waals surface area (Å²) >= 11 is 1.34. The molecule has 11 heteroatoms. The summed E-state index contributed by atoms with van der Waals surface area (Å²) in [5, 5.41) is 29.1. The summed E-state index contributed by atoms with van der Waals surface area (Å²) < 4.78 is 61.6. The van der Waals surface area contributed by atoms with Gasteiger partial charge in [-0.2, -0.15) is 29.0 Å². The summed E-state index contributed by atoms with van der Waals surface area (Å²) in [6.45, 7) is 0. The SMILES string of the molecule is COc1ccc(N(c2ccc(/C=C/c3ccc(/C=C/C4C(C#N)=C(C(C#N)C#N)O[C@@]4(c4ccccc4)C(F)(F)F)s3)cc2)c2ccc(OC)cc2)cc1. The molecule has 54 heavy (non-hydrogen) atoms. The molecule has 1 unspecified atom stereocenters. The van der Waals surface area contributed by atoms with E-state index in [9.17, 15) is 15.8 Å². The quantitative estimate of drug-likeness (QED) is 0.133. The van der Waals surface area contributed by atoms with Crippen LogP contribution in [0.1, 0.15) is 20.9 Å². The van der Waals surface area contributed by atoms with E-state index in [1.807, 2.05) is 97.1 Å². The average Bonchev–Trinajstić information content (AvgIpc) is 3.81. The molecule has 1 aliphatic rings. The van der Waals surface area contributed by atoms with Crippen molar-refractivity contribution in [1.82, 2.24) is 0 Å². The van der Waals surface area contributed by atoms with Crippen LogP contribution in [0.4, 0.5) is 30.2 Å². The van der Waals surface area contributed by atoms with Gasteiger partial charge in [0.25, 0.3) is 0 Å². The van der Waals surface area contributed by atoms with Gasteiger partial charge in [-0.15, -0.1) is 11.3 Å². The van der Waals surface area contributed by atoms with Gasteiger partial charge in [0.05, 0.1) is 43.9 Å². The van der Waals surface area contributed by atoms with Crippen molar-refractivity contribution in [3.05, 3.63) is 154 Å². The first-order valence-electron chi connectivity index (χ1n) is 16.5. The number of halogens is 3. The number of benzene rings is 4. The molecule has 0 aliphatic carbocycles. The summed E-state index contributed by atoms with van der Waals surface area (Å²) in [6, 6.07) is 39.2. The van der Waals surface area contributed by atoms with Crippen molar-refractivity contribution in [2.45, 2.75) is 11.8 Å². The van der Waals surface area contributed by atoms with E-state index in [1.165, 1.54) is 47.8 Å². The van der Waals surface area contributed by atoms with E-state index in [1.54, 1.807) is 38.5 Å². The van der Waals surface area contributed by atoms with Crippen LogP contribution in [0.25, 0.3) is 18.2 Å². The first-order valence-corrected chi connectivity index (χ1v) is 17.4. The third kappa shape index (κ3) is 7.29. The van der Waals surface area contributed by atoms with Crippen molar-refractivity contribution in [2.24, 2.45) is 11.8 Å². The van der Waals surface area contributed by atoms with Crippen LogP contribution in [0.15, 0.2) is 133 Å². The molecule has 4 aromatic carbocycles. The van der Waals surface area contributed by atoms with E-state index in [4.69, 9.17) is 14.2 Å². The van der Waals surface area contributed by atoms with Crippen LogP contribution in [0.3, 0.4) is 0 Å². The molecule has 5 aromatic rings. The fourth-order valence-corrected chi connectivity index (χ4v) is 7.08. The highest BCUT2D eigenvalue weighted by Crippen LogP contribution is 2.57. The Morgan fingerprint density at radius 3 is 1.72 bits per heavy atom. The van der Waals surface area contributed by atoms with E-state index in [0.717, 1.165) is 39.0 Å². The number of nitrogens with zero attached hydrogens (tertiary/aromatic N) is 4. The highest BCUT2D eigenvalue weighted by atomic mass is 32.1. The van der Waals surface area contributed by atoms with E-state index >= 15 is 13.2 Å². The number of hydrogen-bond acceptors (Lipinski definition) is 8. The molecule has 0 amide bonds. The molecular formula is C43H31F3N4O3S. The van der Waals surface area contributed by atoms with Crippen molar-refractivity contribution < 1.29 is 27.4 Å². The number of anilines is 3. The Morgan fingerprint density at radius 1 is 0.722 bits per heavy atom. The van der Waals surface area contributed by atoms with Crippen LogP contribution in [-0.4, -0.2) is 20.4 Å². The monoisotopic (exact) mass is 740 g/mol. The van der Waals surface area contributed by atoms with Crippen LogP contribution in [0, 0.1) is 45.8 Å². The standard InChI is InChI=1S/C43H31F3N4O3S/c1-51-35-17-13-33(14-18-35)50(34-15-19-36(52-2)20-16-34)32-11-8-29(9-12-32)10-21-37-22-23-38(54-37)24-25-40-39(28-49)41(30(26-47)27-48)53-42(40,43(44,45)46)31-6-4-3-5-7-31/h3-25,30,40H,1-2H3/b21-10+,25-24+/t40?,42-/m1/s1. The maximum Gasteiger partial charge on any atom is 0.433 e. The molecule has 0 saturated carbocycles. The number of hydrogen-bond donors (Lipinski definition) is 0. The van der Waals surface area contributed by atoms with Gasteiger partial charge in [-0.3, -0.25) is 0 Å². The number of alkyl halides is 3. The highest BCUT2D eigenvalue weighted by Gasteiger charge is 2.67. The van der Waals surface area contributed by atoms with Crippen LogP contribution < -0.4 is 14.4 Å². The van der Waals surface area contributed by atoms with Gasteiger partial charge in [-0.25, -0.2) is 0 Å². The lowest BCUT2D eigenvalue weighted by Gasteiger charge is -2.36. The van der Waals surface area contributed by atoms with E-state index in [0.29, 0.717) is 4.88 Å². The van der Waals surface area contributed by atoms with Crippen molar-refractivity contribution in [3.8, 4) is 29.7 Å². The zero-order valence-corrected chi connectivity index (χ0v) is 29.8. The van der Waals surface area contributed by atoms with E-state index < -0.39 is 34.9 Å². The molecule has 2 heterocycles. The van der Waals surface area contributed by atoms with Crippen LogP contribution >= 0.6 is 11.3 Å². The zero-order valence-electron chi connectivity index (χ0n) is 29.0. The van der Waals surface area contributed by atoms with Gasteiger partial charge >= 0.3 is 6.18 Å². The van der Waals surface area contributed by atoms with Crippen molar-refractivity contribution in [2.75, 3.05) is 19.1 Å². The van der Waals surface area contributed by atoms with E-state index in [-0.39, 0.29) is 5.56 Å². The van der Waals surface area contributed by atoms with Crippen molar-refractivity contribution >= 4 is 46.6 Å². The molecule has 0 spiro atoms. The minimum absolute atomic E-state index is 0.249. The summed E-state index contributed by atoms with van der Waals surface area (Å²) in [5.74, 6) is -2.44. The molecule has 1 aliphatic heterocycles. The Bertz CT molecular complexity index is 2250. The van der Waals surface area contributed by atoms with Crippen LogP contribution in [0.5, 0.6) is 11.5 Å². The topological polar surface area (TPSA) is 102 Å². The minimum atomic E-state index is -5.01. The number of ether oxygens (including phenoxy) is 3. The second kappa shape index (κ2) is 15.9. The molecule has 268 valence electrons. The Kier molecular flexibility index (Phi) is 10.9. The van der Waals surface area contributed by atoms with Gasteiger partial charge < -0.3 is 19.1 Å². The molecule has 0 N–H and O–H groups in total. The molecule has 6 rings (SSSR count). The lowest BCUT2D eigenvalue weighted by molar-refractivity contribution is -0.275. The molecule has 0 bridgehead atoms. The number of allylic oxidation sites excluding steroid dienone is 1. The third-order valence-electron chi connectivity index (χ3n) is 8.90. The van der Waals surface area contributed by atoms with Gasteiger partial charge in [-0.05, 0) is 90.5 Å². The number of rotatable bonds is 11. The first-order chi connectivity index (χ1) is 26.1. The summed E-state index contributed by atoms with van der Waals surface area (Å²) in [7, 11) is 3.25. The second-order valence-corrected chi connectivity index (χ2v) is 13.2. The van der Waals surface area contributed by atoms with Crippen LogP contribution in [0.2, 0.25) is 0 Å². The molecular weight excluding hydrogens is 710 g/mol. The number of methoxy groups -OCH3 is 2. The summed E-state index contributed by atoms with van der Waals surface area (Å²) in [4.78, 5) is 3.59. The second-order valence-electron chi connectivity index (χ2n) is 12.0. The summed E-state index contributed by atoms with van der Waals surface area (Å²) in [5.41, 5.74) is 0.0478. The lowest BCUT2D eigenvalue weighted by Crippen LogP contribution is -2.47. The van der Waals surface area contributed by atoms with Gasteiger partial charge in [0.1, 0.15) is 17.3 Å². The fraction of sp³-hybridized carbons (Fsp3) is 0.140. The molecule has 1 aromatic heterocycles. The molecule has 0 fully saturated rings. The average molecular weight is 741 g/mol. The smallest absolute Gasteiger partial charge is 0.433 e. The Hall–Kier alpha value is -6.74. The molecule has 0 saturated heterocycles. The lowest BCUT2D eigenvalue weighted by atomic mass is 9.77. The van der Waals surface area contributed by atoms with Gasteiger partial charge in [-0.1, -0.05) is 54.6 Å². The molecule has 0 radical (unpaired) electrons. The number of thiophene rings is 1. The minimum Gasteiger partial charge on any atom is -0.497 e. The zero-order chi connectivity index (χ0) is 38.3. The van der Waals surface area contributed by atoms with Crippen molar-refractivity contribution in [3.63, 3.8) is 0 Å². The summed E-state index contributed by atoms with van der Waals surface area (Å²) in [6.07, 6.45) is 1.62. The van der Waals surface area contributed by atoms with Crippen LogP contribution in [-0.2, 0) is 10.3 Å². The maximum absolute atomic E-state index is 15.1. The highest BCUT2D eigenvalue weighted by molar-refractivity contribution is 7.13. The predicted octanol–water partition coefficient (Wildman–Crippen LogP) is 11.0. The maximum atomic E-state index is 15.1.